The molecule has 0 fully saturated rings. The SMILES string of the molecule is CC(NC(=O)C(NC(=O)C(CC(=O)O)NC(=O)C(CC(N)=O)NC(=O)C(CCCCN)NC(=O)C(N)Cc1ccccc1)C(C)C)C(=O)O. The van der Waals surface area contributed by atoms with E-state index in [1.54, 1.807) is 30.3 Å². The number of unbranched alkanes of at least 4 members (excludes halogenated alkanes) is 1. The Kier molecular flexibility index (Phi) is 18.0. The molecule has 0 spiro atoms. The van der Waals surface area contributed by atoms with Gasteiger partial charge in [-0.15, -0.1) is 0 Å². The number of carboxylic acid groups (broad SMARTS) is 2. The first kappa shape index (κ1) is 41.9. The van der Waals surface area contributed by atoms with Crippen LogP contribution in [0.4, 0.5) is 0 Å². The molecule has 0 heterocycles. The van der Waals surface area contributed by atoms with Crippen LogP contribution < -0.4 is 43.8 Å². The summed E-state index contributed by atoms with van der Waals surface area (Å²) in [5.41, 5.74) is 17.7. The van der Waals surface area contributed by atoms with Crippen molar-refractivity contribution in [3.8, 4) is 0 Å². The first-order chi connectivity index (χ1) is 23.0. The number of benzene rings is 1. The summed E-state index contributed by atoms with van der Waals surface area (Å²) in [7, 11) is 0. The number of aliphatic carboxylic acids is 2. The average Bonchev–Trinajstić information content (AvgIpc) is 3.01. The van der Waals surface area contributed by atoms with Gasteiger partial charge in [0, 0.05) is 0 Å². The van der Waals surface area contributed by atoms with Gasteiger partial charge in [-0.2, -0.15) is 0 Å². The number of hydrogen-bond donors (Lipinski definition) is 10. The zero-order valence-corrected chi connectivity index (χ0v) is 27.8. The topological polar surface area (TPSA) is 315 Å². The van der Waals surface area contributed by atoms with Crippen molar-refractivity contribution < 1.29 is 48.6 Å². The summed E-state index contributed by atoms with van der Waals surface area (Å²) in [6.45, 7) is 4.58. The molecule has 49 heavy (non-hydrogen) atoms. The van der Waals surface area contributed by atoms with Crippen LogP contribution in [0.25, 0.3) is 0 Å². The van der Waals surface area contributed by atoms with Crippen molar-refractivity contribution >= 4 is 47.4 Å². The Morgan fingerprint density at radius 2 is 1.22 bits per heavy atom. The summed E-state index contributed by atoms with van der Waals surface area (Å²) < 4.78 is 0. The van der Waals surface area contributed by atoms with Crippen LogP contribution in [0.5, 0.6) is 0 Å². The van der Waals surface area contributed by atoms with Gasteiger partial charge in [-0.1, -0.05) is 44.2 Å². The van der Waals surface area contributed by atoms with Gasteiger partial charge in [-0.05, 0) is 50.6 Å². The lowest BCUT2D eigenvalue weighted by Gasteiger charge is -2.27. The van der Waals surface area contributed by atoms with Crippen LogP contribution in [-0.4, -0.2) is 100 Å². The molecule has 18 heteroatoms. The molecule has 1 aromatic rings. The number of carboxylic acids is 2. The highest BCUT2D eigenvalue weighted by Crippen LogP contribution is 2.08. The van der Waals surface area contributed by atoms with Gasteiger partial charge in [0.2, 0.25) is 35.4 Å². The molecule has 18 nitrogen and oxygen atoms in total. The fourth-order valence-corrected chi connectivity index (χ4v) is 4.49. The molecule has 13 N–H and O–H groups in total. The summed E-state index contributed by atoms with van der Waals surface area (Å²) in [5, 5.41) is 30.1. The van der Waals surface area contributed by atoms with E-state index in [1.807, 2.05) is 0 Å². The molecule has 0 aliphatic carbocycles. The van der Waals surface area contributed by atoms with Gasteiger partial charge in [-0.3, -0.25) is 38.4 Å². The summed E-state index contributed by atoms with van der Waals surface area (Å²) >= 11 is 0. The first-order valence-corrected chi connectivity index (χ1v) is 15.7. The highest BCUT2D eigenvalue weighted by Gasteiger charge is 2.34. The van der Waals surface area contributed by atoms with Crippen molar-refractivity contribution in [2.24, 2.45) is 23.1 Å². The predicted molar refractivity (Wildman–Crippen MR) is 175 cm³/mol. The highest BCUT2D eigenvalue weighted by molar-refractivity contribution is 5.98. The van der Waals surface area contributed by atoms with Crippen LogP contribution in [0.15, 0.2) is 30.3 Å². The average molecular weight is 693 g/mol. The second-order valence-corrected chi connectivity index (χ2v) is 11.8. The van der Waals surface area contributed by atoms with E-state index in [1.165, 1.54) is 20.8 Å². The summed E-state index contributed by atoms with van der Waals surface area (Å²) in [4.78, 5) is 100. The Bertz CT molecular complexity index is 1330. The molecule has 1 aromatic carbocycles. The number of carbonyl (C=O) groups excluding carboxylic acids is 6. The fourth-order valence-electron chi connectivity index (χ4n) is 4.49. The third-order valence-corrected chi connectivity index (χ3v) is 7.24. The first-order valence-electron chi connectivity index (χ1n) is 15.7. The van der Waals surface area contributed by atoms with E-state index < -0.39 is 102 Å². The minimum Gasteiger partial charge on any atom is -0.481 e. The van der Waals surface area contributed by atoms with E-state index in [9.17, 15) is 43.5 Å². The molecular weight excluding hydrogens is 644 g/mol. The van der Waals surface area contributed by atoms with Gasteiger partial charge in [0.1, 0.15) is 30.2 Å². The minimum atomic E-state index is -1.81. The van der Waals surface area contributed by atoms with Crippen molar-refractivity contribution in [1.82, 2.24) is 26.6 Å². The molecule has 0 bridgehead atoms. The Hall–Kier alpha value is -5.10. The van der Waals surface area contributed by atoms with Crippen LogP contribution in [0.3, 0.4) is 0 Å². The summed E-state index contributed by atoms with van der Waals surface area (Å²) in [6, 6.07) is 0.519. The van der Waals surface area contributed by atoms with Crippen LogP contribution in [0.1, 0.15) is 58.4 Å². The van der Waals surface area contributed by atoms with E-state index >= 15 is 0 Å². The van der Waals surface area contributed by atoms with Gasteiger partial charge in [-0.25, -0.2) is 0 Å². The van der Waals surface area contributed by atoms with E-state index in [4.69, 9.17) is 22.3 Å². The third kappa shape index (κ3) is 15.6. The summed E-state index contributed by atoms with van der Waals surface area (Å²) in [6.07, 6.45) is -0.587. The van der Waals surface area contributed by atoms with Crippen molar-refractivity contribution in [2.75, 3.05) is 6.54 Å². The van der Waals surface area contributed by atoms with Crippen molar-refractivity contribution in [3.05, 3.63) is 35.9 Å². The lowest BCUT2D eigenvalue weighted by Crippen LogP contribution is -2.60. The number of nitrogens with two attached hydrogens (primary N) is 3. The lowest BCUT2D eigenvalue weighted by molar-refractivity contribution is -0.143. The number of hydrogen-bond acceptors (Lipinski definition) is 10. The van der Waals surface area contributed by atoms with E-state index in [2.05, 4.69) is 26.6 Å². The quantitative estimate of drug-likeness (QED) is 0.0552. The molecule has 0 saturated heterocycles. The molecule has 6 amide bonds. The van der Waals surface area contributed by atoms with E-state index in [-0.39, 0.29) is 12.8 Å². The van der Waals surface area contributed by atoms with Crippen molar-refractivity contribution in [1.29, 1.82) is 0 Å². The van der Waals surface area contributed by atoms with Crippen LogP contribution in [0, 0.1) is 5.92 Å². The maximum absolute atomic E-state index is 13.4. The summed E-state index contributed by atoms with van der Waals surface area (Å²) in [5.74, 6) is -9.18. The standard InChI is InChI=1S/C31H48N8O10/c1-16(2)25(30(47)35-17(3)31(48)49)39-29(46)22(15-24(41)42)38-28(45)21(14-23(34)40)37-27(44)20(11-7-8-12-32)36-26(43)19(33)13-18-9-5-4-6-10-18/h4-6,9-10,16-17,19-22,25H,7-8,11-15,32-33H2,1-3H3,(H2,34,40)(H,35,47)(H,36,43)(H,37,44)(H,38,45)(H,39,46)(H,41,42)(H,48,49). The van der Waals surface area contributed by atoms with Gasteiger partial charge >= 0.3 is 11.9 Å². The number of amides is 6. The van der Waals surface area contributed by atoms with Crippen LogP contribution in [0.2, 0.25) is 0 Å². The van der Waals surface area contributed by atoms with E-state index in [0.29, 0.717) is 19.4 Å². The molecule has 6 unspecified atom stereocenters. The molecule has 0 aromatic heterocycles. The number of primary amides is 1. The predicted octanol–water partition coefficient (Wildman–Crippen LogP) is -2.78. The molecular formula is C31H48N8O10. The van der Waals surface area contributed by atoms with Crippen molar-refractivity contribution in [2.45, 2.75) is 95.5 Å². The van der Waals surface area contributed by atoms with Gasteiger partial charge in [0.05, 0.1) is 18.9 Å². The van der Waals surface area contributed by atoms with Gasteiger partial charge in [0.15, 0.2) is 0 Å². The number of carbonyl (C=O) groups is 8. The monoisotopic (exact) mass is 692 g/mol. The third-order valence-electron chi connectivity index (χ3n) is 7.24. The molecule has 0 saturated carbocycles. The molecule has 0 aliphatic rings. The zero-order chi connectivity index (χ0) is 37.3. The molecule has 1 rings (SSSR count). The van der Waals surface area contributed by atoms with Gasteiger partial charge in [0.25, 0.3) is 0 Å². The van der Waals surface area contributed by atoms with Crippen LogP contribution in [-0.2, 0) is 44.8 Å². The molecule has 0 radical (unpaired) electrons. The lowest BCUT2D eigenvalue weighted by atomic mass is 10.0. The number of rotatable bonds is 22. The van der Waals surface area contributed by atoms with Gasteiger partial charge < -0.3 is 54.0 Å². The molecule has 6 atom stereocenters. The Balaban J connectivity index is 3.18. The molecule has 272 valence electrons. The largest absolute Gasteiger partial charge is 0.481 e. The van der Waals surface area contributed by atoms with Crippen molar-refractivity contribution in [3.63, 3.8) is 0 Å². The Morgan fingerprint density at radius 3 is 1.73 bits per heavy atom. The normalized spacial score (nSPS) is 14.6. The van der Waals surface area contributed by atoms with Crippen LogP contribution >= 0.6 is 0 Å². The smallest absolute Gasteiger partial charge is 0.325 e. The maximum atomic E-state index is 13.4. The van der Waals surface area contributed by atoms with E-state index in [0.717, 1.165) is 5.56 Å². The minimum absolute atomic E-state index is 0.0843. The Labute approximate surface area is 283 Å². The molecule has 0 aliphatic heterocycles. The highest BCUT2D eigenvalue weighted by atomic mass is 16.4. The second-order valence-electron chi connectivity index (χ2n) is 11.8. The number of nitrogens with one attached hydrogen (secondary N) is 5. The zero-order valence-electron chi connectivity index (χ0n) is 27.8. The Morgan fingerprint density at radius 1 is 0.694 bits per heavy atom. The fraction of sp³-hybridized carbons (Fsp3) is 0.548. The maximum Gasteiger partial charge on any atom is 0.325 e. The second kappa shape index (κ2) is 21.0.